The topological polar surface area (TPSA) is 89.0 Å². The lowest BCUT2D eigenvalue weighted by Gasteiger charge is -2.10. The van der Waals surface area contributed by atoms with E-state index in [2.05, 4.69) is 4.98 Å². The van der Waals surface area contributed by atoms with Crippen LogP contribution in [0, 0.1) is 21.4 Å². The first kappa shape index (κ1) is 15.0. The number of aromatic nitrogens is 1. The Morgan fingerprint density at radius 2 is 2.00 bits per heavy atom. The molecule has 0 saturated heterocycles. The summed E-state index contributed by atoms with van der Waals surface area (Å²) in [5.41, 5.74) is 0.747. The van der Waals surface area contributed by atoms with Gasteiger partial charge in [0.15, 0.2) is 5.75 Å². The van der Waals surface area contributed by atoms with Crippen LogP contribution in [-0.4, -0.2) is 9.91 Å². The van der Waals surface area contributed by atoms with Crippen LogP contribution in [0.15, 0.2) is 30.5 Å². The Labute approximate surface area is 129 Å². The fourth-order valence-electron chi connectivity index (χ4n) is 1.57. The van der Waals surface area contributed by atoms with Crippen molar-refractivity contribution >= 4 is 28.9 Å². The second-order valence-electron chi connectivity index (χ2n) is 3.95. The Balaban J connectivity index is 2.20. The van der Waals surface area contributed by atoms with E-state index in [4.69, 9.17) is 33.2 Å². The molecule has 21 heavy (non-hydrogen) atoms. The molecule has 0 aliphatic rings. The molecule has 1 aromatic heterocycles. The molecule has 0 bridgehead atoms. The van der Waals surface area contributed by atoms with Crippen molar-refractivity contribution in [3.05, 3.63) is 61.9 Å². The Kier molecular flexibility index (Phi) is 4.58. The van der Waals surface area contributed by atoms with E-state index in [0.29, 0.717) is 5.56 Å². The van der Waals surface area contributed by atoms with Crippen LogP contribution in [0.5, 0.6) is 5.75 Å². The molecule has 1 aromatic carbocycles. The predicted octanol–water partition coefficient (Wildman–Crippen LogP) is 3.75. The Bertz CT molecular complexity index is 721. The van der Waals surface area contributed by atoms with Gasteiger partial charge >= 0.3 is 0 Å². The van der Waals surface area contributed by atoms with E-state index in [0.717, 1.165) is 12.1 Å². The molecule has 0 aliphatic heterocycles. The van der Waals surface area contributed by atoms with Crippen molar-refractivity contribution in [3.63, 3.8) is 0 Å². The Morgan fingerprint density at radius 3 is 2.57 bits per heavy atom. The highest BCUT2D eigenvalue weighted by molar-refractivity contribution is 6.37. The van der Waals surface area contributed by atoms with E-state index in [1.54, 1.807) is 12.1 Å². The number of non-ortho nitro benzene ring substituents is 1. The fraction of sp³-hybridized carbons (Fsp3) is 0.0769. The van der Waals surface area contributed by atoms with Crippen LogP contribution in [0.2, 0.25) is 10.0 Å². The molecule has 0 amide bonds. The average molecular weight is 324 g/mol. The van der Waals surface area contributed by atoms with Gasteiger partial charge in [-0.25, -0.2) is 4.98 Å². The maximum Gasteiger partial charge on any atom is 0.272 e. The molecule has 0 saturated carbocycles. The molecule has 0 fully saturated rings. The van der Waals surface area contributed by atoms with E-state index in [1.165, 1.54) is 6.20 Å². The summed E-state index contributed by atoms with van der Waals surface area (Å²) in [6, 6.07) is 7.48. The Morgan fingerprint density at radius 1 is 1.33 bits per heavy atom. The SMILES string of the molecule is N#Cc1cc(COc2c(Cl)cc([N+](=O)[O-])cc2Cl)ccn1. The molecule has 2 rings (SSSR count). The van der Waals surface area contributed by atoms with E-state index in [9.17, 15) is 10.1 Å². The molecule has 0 unspecified atom stereocenters. The zero-order chi connectivity index (χ0) is 15.4. The van der Waals surface area contributed by atoms with Gasteiger partial charge in [0.25, 0.3) is 5.69 Å². The van der Waals surface area contributed by atoms with Crippen LogP contribution in [0.3, 0.4) is 0 Å². The lowest BCUT2D eigenvalue weighted by molar-refractivity contribution is -0.384. The summed E-state index contributed by atoms with van der Waals surface area (Å²) in [7, 11) is 0. The Hall–Kier alpha value is -2.36. The molecule has 0 N–H and O–H groups in total. The summed E-state index contributed by atoms with van der Waals surface area (Å²) in [6.45, 7) is 0.106. The second kappa shape index (κ2) is 6.39. The number of nitro groups is 1. The molecule has 8 heteroatoms. The molecule has 0 aliphatic carbocycles. The molecule has 0 radical (unpaired) electrons. The van der Waals surface area contributed by atoms with Gasteiger partial charge in [-0.05, 0) is 17.7 Å². The van der Waals surface area contributed by atoms with Crippen molar-refractivity contribution < 1.29 is 9.66 Å². The normalized spacial score (nSPS) is 9.95. The van der Waals surface area contributed by atoms with Crippen LogP contribution >= 0.6 is 23.2 Å². The highest BCUT2D eigenvalue weighted by atomic mass is 35.5. The number of halogens is 2. The zero-order valence-electron chi connectivity index (χ0n) is 10.4. The summed E-state index contributed by atoms with van der Waals surface area (Å²) >= 11 is 11.8. The van der Waals surface area contributed by atoms with Crippen LogP contribution in [-0.2, 0) is 6.61 Å². The molecule has 2 aromatic rings. The standard InChI is InChI=1S/C13H7Cl2N3O3/c14-11-4-10(18(19)20)5-12(15)13(11)21-7-8-1-2-17-9(3-8)6-16/h1-5H,7H2. The number of hydrogen-bond donors (Lipinski definition) is 0. The molecule has 0 atom stereocenters. The van der Waals surface area contributed by atoms with Crippen LogP contribution in [0.4, 0.5) is 5.69 Å². The van der Waals surface area contributed by atoms with Gasteiger partial charge in [0, 0.05) is 18.3 Å². The minimum absolute atomic E-state index is 0.0452. The van der Waals surface area contributed by atoms with Gasteiger partial charge in [-0.2, -0.15) is 5.26 Å². The number of hydrogen-bond acceptors (Lipinski definition) is 5. The first-order valence-corrected chi connectivity index (χ1v) is 6.38. The lowest BCUT2D eigenvalue weighted by Crippen LogP contribution is -1.99. The minimum atomic E-state index is -0.594. The van der Waals surface area contributed by atoms with Gasteiger partial charge in [-0.3, -0.25) is 10.1 Å². The summed E-state index contributed by atoms with van der Waals surface area (Å²) in [4.78, 5) is 13.9. The third kappa shape index (κ3) is 3.60. The van der Waals surface area contributed by atoms with E-state index in [-0.39, 0.29) is 33.8 Å². The second-order valence-corrected chi connectivity index (χ2v) is 4.76. The summed E-state index contributed by atoms with van der Waals surface area (Å²) < 4.78 is 5.46. The first-order chi connectivity index (χ1) is 10.0. The molecular weight excluding hydrogens is 317 g/mol. The van der Waals surface area contributed by atoms with Gasteiger partial charge in [0.1, 0.15) is 18.4 Å². The molecule has 106 valence electrons. The van der Waals surface area contributed by atoms with Gasteiger partial charge in [0.2, 0.25) is 0 Å². The van der Waals surface area contributed by atoms with Crippen molar-refractivity contribution in [1.82, 2.24) is 4.98 Å². The van der Waals surface area contributed by atoms with Crippen LogP contribution in [0.25, 0.3) is 0 Å². The van der Waals surface area contributed by atoms with Crippen LogP contribution < -0.4 is 4.74 Å². The number of benzene rings is 1. The molecule has 6 nitrogen and oxygen atoms in total. The van der Waals surface area contributed by atoms with Crippen molar-refractivity contribution in [1.29, 1.82) is 5.26 Å². The van der Waals surface area contributed by atoms with E-state index in [1.807, 2.05) is 6.07 Å². The van der Waals surface area contributed by atoms with Crippen molar-refractivity contribution in [2.24, 2.45) is 0 Å². The maximum absolute atomic E-state index is 10.7. The number of pyridine rings is 1. The van der Waals surface area contributed by atoms with Crippen LogP contribution in [0.1, 0.15) is 11.3 Å². The number of nitro benzene ring substituents is 1. The summed E-state index contributed by atoms with van der Waals surface area (Å²) in [5.74, 6) is 0.152. The summed E-state index contributed by atoms with van der Waals surface area (Å²) in [6.07, 6.45) is 1.48. The predicted molar refractivity (Wildman–Crippen MR) is 76.4 cm³/mol. The molecule has 1 heterocycles. The largest absolute Gasteiger partial charge is 0.486 e. The fourth-order valence-corrected chi connectivity index (χ4v) is 2.16. The summed E-state index contributed by atoms with van der Waals surface area (Å²) in [5, 5.41) is 19.5. The zero-order valence-corrected chi connectivity index (χ0v) is 11.9. The van der Waals surface area contributed by atoms with Crippen molar-refractivity contribution in [2.45, 2.75) is 6.61 Å². The number of nitriles is 1. The van der Waals surface area contributed by atoms with Gasteiger partial charge in [0.05, 0.1) is 15.0 Å². The van der Waals surface area contributed by atoms with E-state index >= 15 is 0 Å². The molecule has 0 spiro atoms. The van der Waals surface area contributed by atoms with Crippen molar-refractivity contribution in [3.8, 4) is 11.8 Å². The number of ether oxygens (including phenoxy) is 1. The number of nitrogens with zero attached hydrogens (tertiary/aromatic N) is 3. The smallest absolute Gasteiger partial charge is 0.272 e. The highest BCUT2D eigenvalue weighted by Crippen LogP contribution is 2.37. The monoisotopic (exact) mass is 323 g/mol. The third-order valence-corrected chi connectivity index (χ3v) is 3.08. The average Bonchev–Trinajstić information content (AvgIpc) is 2.46. The van der Waals surface area contributed by atoms with Gasteiger partial charge in [-0.1, -0.05) is 23.2 Å². The third-order valence-electron chi connectivity index (χ3n) is 2.52. The minimum Gasteiger partial charge on any atom is -0.486 e. The number of rotatable bonds is 4. The van der Waals surface area contributed by atoms with Gasteiger partial charge in [-0.15, -0.1) is 0 Å². The molecular formula is C13H7Cl2N3O3. The van der Waals surface area contributed by atoms with E-state index < -0.39 is 4.92 Å². The maximum atomic E-state index is 10.7. The first-order valence-electron chi connectivity index (χ1n) is 5.62. The quantitative estimate of drug-likeness (QED) is 0.631. The van der Waals surface area contributed by atoms with Gasteiger partial charge < -0.3 is 4.74 Å². The van der Waals surface area contributed by atoms with Crippen molar-refractivity contribution in [2.75, 3.05) is 0 Å². The lowest BCUT2D eigenvalue weighted by atomic mass is 10.2. The highest BCUT2D eigenvalue weighted by Gasteiger charge is 2.15.